The van der Waals surface area contributed by atoms with Crippen molar-refractivity contribution in [2.75, 3.05) is 11.1 Å². The molecule has 0 radical (unpaired) electrons. The van der Waals surface area contributed by atoms with Crippen LogP contribution in [0.4, 0.5) is 18.9 Å². The van der Waals surface area contributed by atoms with Gasteiger partial charge in [-0.3, -0.25) is 4.79 Å². The fraction of sp³-hybridized carbons (Fsp3) is 0.167. The van der Waals surface area contributed by atoms with Crippen molar-refractivity contribution in [1.82, 2.24) is 14.8 Å². The van der Waals surface area contributed by atoms with E-state index in [-0.39, 0.29) is 15.9 Å². The van der Waals surface area contributed by atoms with Crippen LogP contribution in [0.5, 0.6) is 0 Å². The third-order valence-corrected chi connectivity index (χ3v) is 5.27. The van der Waals surface area contributed by atoms with E-state index in [0.29, 0.717) is 11.0 Å². The lowest BCUT2D eigenvalue weighted by Gasteiger charge is -2.14. The molecule has 0 aliphatic heterocycles. The fourth-order valence-electron chi connectivity index (χ4n) is 2.46. The Kier molecular flexibility index (Phi) is 6.09. The van der Waals surface area contributed by atoms with Gasteiger partial charge in [-0.2, -0.15) is 13.2 Å². The first-order valence-electron chi connectivity index (χ1n) is 8.00. The number of aromatic nitrogens is 3. The van der Waals surface area contributed by atoms with Gasteiger partial charge in [0.1, 0.15) is 0 Å². The second-order valence-corrected chi connectivity index (χ2v) is 7.61. The first-order chi connectivity index (χ1) is 13.3. The molecule has 0 spiro atoms. The maximum absolute atomic E-state index is 13.1. The van der Waals surface area contributed by atoms with Gasteiger partial charge in [0.25, 0.3) is 0 Å². The molecule has 1 aromatic heterocycles. The minimum Gasteiger partial charge on any atom is -0.325 e. The Hall–Kier alpha value is -2.33. The van der Waals surface area contributed by atoms with E-state index in [1.807, 2.05) is 30.3 Å². The number of benzene rings is 2. The molecule has 0 aliphatic rings. The first-order valence-corrected chi connectivity index (χ1v) is 9.78. The topological polar surface area (TPSA) is 59.8 Å². The van der Waals surface area contributed by atoms with Crippen LogP contribution in [0, 0.1) is 0 Å². The Morgan fingerprint density at radius 3 is 2.57 bits per heavy atom. The van der Waals surface area contributed by atoms with Crippen LogP contribution in [0.3, 0.4) is 0 Å². The van der Waals surface area contributed by atoms with Gasteiger partial charge in [-0.05, 0) is 18.2 Å². The summed E-state index contributed by atoms with van der Waals surface area (Å²) >= 11 is 4.10. The SMILES string of the molecule is Cn1c(SCC(=O)Nc2ccc(Br)cc2C(F)(F)F)nnc1-c1ccccc1. The van der Waals surface area contributed by atoms with Crippen molar-refractivity contribution < 1.29 is 18.0 Å². The molecule has 5 nitrogen and oxygen atoms in total. The second kappa shape index (κ2) is 8.36. The number of hydrogen-bond donors (Lipinski definition) is 1. The number of halogens is 4. The fourth-order valence-corrected chi connectivity index (χ4v) is 3.53. The van der Waals surface area contributed by atoms with E-state index < -0.39 is 17.6 Å². The van der Waals surface area contributed by atoms with Gasteiger partial charge in [0.05, 0.1) is 17.0 Å². The van der Waals surface area contributed by atoms with Crippen molar-refractivity contribution in [2.45, 2.75) is 11.3 Å². The number of thioether (sulfide) groups is 1. The Morgan fingerprint density at radius 1 is 1.18 bits per heavy atom. The van der Waals surface area contributed by atoms with Gasteiger partial charge >= 0.3 is 6.18 Å². The maximum Gasteiger partial charge on any atom is 0.418 e. The van der Waals surface area contributed by atoms with E-state index in [2.05, 4.69) is 31.4 Å². The summed E-state index contributed by atoms with van der Waals surface area (Å²) in [5.74, 6) is -0.0356. The zero-order valence-corrected chi connectivity index (χ0v) is 16.9. The van der Waals surface area contributed by atoms with Crippen LogP contribution in [-0.2, 0) is 18.0 Å². The Labute approximate surface area is 171 Å². The zero-order valence-electron chi connectivity index (χ0n) is 14.5. The molecule has 3 rings (SSSR count). The summed E-state index contributed by atoms with van der Waals surface area (Å²) in [5, 5.41) is 11.0. The van der Waals surface area contributed by atoms with Crippen LogP contribution in [0.2, 0.25) is 0 Å². The average molecular weight is 471 g/mol. The van der Waals surface area contributed by atoms with Crippen LogP contribution >= 0.6 is 27.7 Å². The van der Waals surface area contributed by atoms with E-state index in [1.165, 1.54) is 12.1 Å². The first kappa shape index (κ1) is 20.4. The van der Waals surface area contributed by atoms with Gasteiger partial charge < -0.3 is 9.88 Å². The van der Waals surface area contributed by atoms with E-state index in [0.717, 1.165) is 23.4 Å². The summed E-state index contributed by atoms with van der Waals surface area (Å²) in [6, 6.07) is 13.0. The van der Waals surface area contributed by atoms with Crippen LogP contribution in [0.1, 0.15) is 5.56 Å². The van der Waals surface area contributed by atoms with E-state index >= 15 is 0 Å². The van der Waals surface area contributed by atoms with Gasteiger partial charge in [0.15, 0.2) is 11.0 Å². The number of rotatable bonds is 5. The summed E-state index contributed by atoms with van der Waals surface area (Å²) in [6.07, 6.45) is -4.58. The molecule has 0 aliphatic carbocycles. The lowest BCUT2D eigenvalue weighted by Crippen LogP contribution is -2.18. The van der Waals surface area contributed by atoms with Gasteiger partial charge in [-0.15, -0.1) is 10.2 Å². The molecule has 146 valence electrons. The molecule has 28 heavy (non-hydrogen) atoms. The van der Waals surface area contributed by atoms with Crippen molar-refractivity contribution >= 4 is 39.3 Å². The lowest BCUT2D eigenvalue weighted by molar-refractivity contribution is -0.137. The highest BCUT2D eigenvalue weighted by atomic mass is 79.9. The van der Waals surface area contributed by atoms with Crippen LogP contribution < -0.4 is 5.32 Å². The quantitative estimate of drug-likeness (QED) is 0.533. The molecular formula is C18H14BrF3N4OS. The molecule has 2 aromatic carbocycles. The molecule has 1 heterocycles. The summed E-state index contributed by atoms with van der Waals surface area (Å²) in [6.45, 7) is 0. The third-order valence-electron chi connectivity index (χ3n) is 3.76. The van der Waals surface area contributed by atoms with Gasteiger partial charge in [-0.1, -0.05) is 58.0 Å². The average Bonchev–Trinajstić information content (AvgIpc) is 3.02. The normalized spacial score (nSPS) is 11.5. The number of nitrogens with zero attached hydrogens (tertiary/aromatic N) is 3. The Bertz CT molecular complexity index is 992. The second-order valence-electron chi connectivity index (χ2n) is 5.76. The summed E-state index contributed by atoms with van der Waals surface area (Å²) in [7, 11) is 1.76. The number of alkyl halides is 3. The molecule has 1 N–H and O–H groups in total. The molecule has 0 saturated carbocycles. The van der Waals surface area contributed by atoms with Crippen LogP contribution in [0.25, 0.3) is 11.4 Å². The molecule has 0 bridgehead atoms. The van der Waals surface area contributed by atoms with Gasteiger partial charge in [0.2, 0.25) is 5.91 Å². The van der Waals surface area contributed by atoms with Crippen molar-refractivity contribution in [2.24, 2.45) is 7.05 Å². The third kappa shape index (κ3) is 4.74. The predicted molar refractivity (Wildman–Crippen MR) is 105 cm³/mol. The number of carbonyl (C=O) groups is 1. The van der Waals surface area contributed by atoms with Crippen molar-refractivity contribution in [1.29, 1.82) is 0 Å². The highest BCUT2D eigenvalue weighted by molar-refractivity contribution is 9.10. The molecule has 0 saturated heterocycles. The summed E-state index contributed by atoms with van der Waals surface area (Å²) in [4.78, 5) is 12.2. The van der Waals surface area contributed by atoms with Crippen molar-refractivity contribution in [3.8, 4) is 11.4 Å². The molecule has 10 heteroatoms. The van der Waals surface area contributed by atoms with Crippen LogP contribution in [0.15, 0.2) is 58.2 Å². The highest BCUT2D eigenvalue weighted by Crippen LogP contribution is 2.36. The van der Waals surface area contributed by atoms with Crippen LogP contribution in [-0.4, -0.2) is 26.4 Å². The summed E-state index contributed by atoms with van der Waals surface area (Å²) < 4.78 is 41.5. The Balaban J connectivity index is 1.69. The highest BCUT2D eigenvalue weighted by Gasteiger charge is 2.34. The largest absolute Gasteiger partial charge is 0.418 e. The molecule has 0 fully saturated rings. The minimum atomic E-state index is -4.58. The lowest BCUT2D eigenvalue weighted by atomic mass is 10.1. The predicted octanol–water partition coefficient (Wildman–Crippen LogP) is 4.99. The number of amides is 1. The Morgan fingerprint density at radius 2 is 1.89 bits per heavy atom. The molecule has 1 amide bonds. The standard InChI is InChI=1S/C18H14BrF3N4OS/c1-26-16(11-5-3-2-4-6-11)24-25-17(26)28-10-15(27)23-14-8-7-12(19)9-13(14)18(20,21)22/h2-9H,10H2,1H3,(H,23,27). The molecule has 0 unspecified atom stereocenters. The number of carbonyl (C=O) groups excluding carboxylic acids is 1. The maximum atomic E-state index is 13.1. The van der Waals surface area contributed by atoms with Crippen molar-refractivity contribution in [3.63, 3.8) is 0 Å². The number of anilines is 1. The van der Waals surface area contributed by atoms with E-state index in [9.17, 15) is 18.0 Å². The van der Waals surface area contributed by atoms with E-state index in [1.54, 1.807) is 11.6 Å². The minimum absolute atomic E-state index is 0.103. The van der Waals surface area contributed by atoms with Gasteiger partial charge in [0, 0.05) is 17.1 Å². The van der Waals surface area contributed by atoms with Gasteiger partial charge in [-0.25, -0.2) is 0 Å². The molecular weight excluding hydrogens is 457 g/mol. The monoisotopic (exact) mass is 470 g/mol. The van der Waals surface area contributed by atoms with Crippen molar-refractivity contribution in [3.05, 3.63) is 58.6 Å². The van der Waals surface area contributed by atoms with E-state index in [4.69, 9.17) is 0 Å². The smallest absolute Gasteiger partial charge is 0.325 e. The summed E-state index contributed by atoms with van der Waals surface area (Å²) in [5.41, 5.74) is -0.326. The number of nitrogens with one attached hydrogen (secondary N) is 1. The zero-order chi connectivity index (χ0) is 20.3. The molecule has 0 atom stereocenters. The molecule has 3 aromatic rings. The number of hydrogen-bond acceptors (Lipinski definition) is 4.